The predicted octanol–water partition coefficient (Wildman–Crippen LogP) is 3.43. The Kier molecular flexibility index (Phi) is 4.61. The first-order valence-corrected chi connectivity index (χ1v) is 9.10. The second kappa shape index (κ2) is 7.20. The fraction of sp³-hybridized carbons (Fsp3) is 0.333. The first-order valence-electron chi connectivity index (χ1n) is 9.10. The van der Waals surface area contributed by atoms with E-state index in [1.54, 1.807) is 12.4 Å². The molecule has 2 aromatic heterocycles. The molecular weight excluding hydrogens is 324 g/mol. The first-order chi connectivity index (χ1) is 12.7. The van der Waals surface area contributed by atoms with Crippen LogP contribution in [0.2, 0.25) is 0 Å². The SMILES string of the molecule is Cc1ncc(C(=O)N2CCC[C@H](Cc3cncc4ccccc34)C2)cn1. The fourth-order valence-electron chi connectivity index (χ4n) is 3.75. The number of carbonyl (C=O) groups is 1. The van der Waals surface area contributed by atoms with E-state index in [1.165, 1.54) is 16.3 Å². The van der Waals surface area contributed by atoms with Crippen LogP contribution in [-0.4, -0.2) is 38.8 Å². The molecule has 1 atom stereocenters. The molecule has 0 aliphatic carbocycles. The fourth-order valence-corrected chi connectivity index (χ4v) is 3.75. The summed E-state index contributed by atoms with van der Waals surface area (Å²) in [5.41, 5.74) is 1.84. The van der Waals surface area contributed by atoms with Crippen molar-refractivity contribution in [1.82, 2.24) is 19.9 Å². The maximum absolute atomic E-state index is 12.8. The Hall–Kier alpha value is -2.82. The minimum atomic E-state index is 0.0331. The highest BCUT2D eigenvalue weighted by Crippen LogP contribution is 2.25. The van der Waals surface area contributed by atoms with E-state index in [0.29, 0.717) is 17.3 Å². The monoisotopic (exact) mass is 346 g/mol. The zero-order chi connectivity index (χ0) is 17.9. The lowest BCUT2D eigenvalue weighted by Gasteiger charge is -2.33. The van der Waals surface area contributed by atoms with Gasteiger partial charge in [-0.05, 0) is 43.1 Å². The lowest BCUT2D eigenvalue weighted by molar-refractivity contribution is 0.0672. The van der Waals surface area contributed by atoms with Gasteiger partial charge in [0.1, 0.15) is 5.82 Å². The van der Waals surface area contributed by atoms with E-state index < -0.39 is 0 Å². The average molecular weight is 346 g/mol. The van der Waals surface area contributed by atoms with Crippen molar-refractivity contribution in [1.29, 1.82) is 0 Å². The molecule has 1 fully saturated rings. The Balaban J connectivity index is 1.50. The number of aromatic nitrogens is 3. The summed E-state index contributed by atoms with van der Waals surface area (Å²) in [6.07, 6.45) is 10.2. The normalized spacial score (nSPS) is 17.4. The minimum Gasteiger partial charge on any atom is -0.338 e. The molecule has 5 heteroatoms. The summed E-state index contributed by atoms with van der Waals surface area (Å²) in [4.78, 5) is 27.4. The molecule has 0 bridgehead atoms. The number of nitrogens with zero attached hydrogens (tertiary/aromatic N) is 4. The third-order valence-electron chi connectivity index (χ3n) is 5.09. The minimum absolute atomic E-state index is 0.0331. The van der Waals surface area contributed by atoms with Crippen molar-refractivity contribution in [2.45, 2.75) is 26.2 Å². The largest absolute Gasteiger partial charge is 0.338 e. The average Bonchev–Trinajstić information content (AvgIpc) is 2.69. The van der Waals surface area contributed by atoms with Gasteiger partial charge in [-0.1, -0.05) is 24.3 Å². The van der Waals surface area contributed by atoms with Crippen LogP contribution in [0.1, 0.15) is 34.6 Å². The molecule has 4 rings (SSSR count). The highest BCUT2D eigenvalue weighted by molar-refractivity contribution is 5.93. The van der Waals surface area contributed by atoms with Crippen molar-refractivity contribution in [3.63, 3.8) is 0 Å². The zero-order valence-corrected chi connectivity index (χ0v) is 14.9. The summed E-state index contributed by atoms with van der Waals surface area (Å²) < 4.78 is 0. The van der Waals surface area contributed by atoms with Gasteiger partial charge in [0.05, 0.1) is 5.56 Å². The van der Waals surface area contributed by atoms with Crippen LogP contribution < -0.4 is 0 Å². The number of piperidine rings is 1. The molecule has 3 heterocycles. The molecule has 0 saturated carbocycles. The molecule has 3 aromatic rings. The number of benzene rings is 1. The Morgan fingerprint density at radius 2 is 1.96 bits per heavy atom. The quantitative estimate of drug-likeness (QED) is 0.729. The topological polar surface area (TPSA) is 59.0 Å². The lowest BCUT2D eigenvalue weighted by atomic mass is 9.90. The number of pyridine rings is 1. The van der Waals surface area contributed by atoms with Crippen LogP contribution in [0.3, 0.4) is 0 Å². The molecule has 1 aromatic carbocycles. The zero-order valence-electron chi connectivity index (χ0n) is 14.9. The molecule has 1 amide bonds. The molecule has 1 aliphatic rings. The van der Waals surface area contributed by atoms with Gasteiger partial charge in [-0.3, -0.25) is 9.78 Å². The standard InChI is InChI=1S/C21H22N4O/c1-15-23-12-19(13-24-15)21(26)25-8-4-5-16(14-25)9-18-11-22-10-17-6-2-3-7-20(17)18/h2-3,6-7,10-13,16H,4-5,8-9,14H2,1H3/t16-/m1/s1. The second-order valence-corrected chi connectivity index (χ2v) is 7.00. The van der Waals surface area contributed by atoms with Crippen LogP contribution in [0.4, 0.5) is 0 Å². The molecule has 0 radical (unpaired) electrons. The molecular formula is C21H22N4O. The lowest BCUT2D eigenvalue weighted by Crippen LogP contribution is -2.40. The Morgan fingerprint density at radius 1 is 1.15 bits per heavy atom. The molecule has 26 heavy (non-hydrogen) atoms. The molecule has 1 saturated heterocycles. The number of carbonyl (C=O) groups excluding carboxylic acids is 1. The van der Waals surface area contributed by atoms with Gasteiger partial charge in [0, 0.05) is 43.3 Å². The van der Waals surface area contributed by atoms with Gasteiger partial charge >= 0.3 is 0 Å². The molecule has 132 valence electrons. The summed E-state index contributed by atoms with van der Waals surface area (Å²) in [7, 11) is 0. The van der Waals surface area contributed by atoms with Crippen LogP contribution in [0, 0.1) is 12.8 Å². The van der Waals surface area contributed by atoms with Crippen molar-refractivity contribution >= 4 is 16.7 Å². The second-order valence-electron chi connectivity index (χ2n) is 7.00. The Bertz CT molecular complexity index is 917. The van der Waals surface area contributed by atoms with E-state index in [4.69, 9.17) is 0 Å². The summed E-state index contributed by atoms with van der Waals surface area (Å²) >= 11 is 0. The number of rotatable bonds is 3. The van der Waals surface area contributed by atoms with Gasteiger partial charge in [0.15, 0.2) is 0 Å². The van der Waals surface area contributed by atoms with Crippen molar-refractivity contribution in [2.75, 3.05) is 13.1 Å². The van der Waals surface area contributed by atoms with Crippen molar-refractivity contribution in [3.05, 3.63) is 66.0 Å². The summed E-state index contributed by atoms with van der Waals surface area (Å²) in [5.74, 6) is 1.17. The van der Waals surface area contributed by atoms with E-state index >= 15 is 0 Å². The number of hydrogen-bond donors (Lipinski definition) is 0. The molecule has 5 nitrogen and oxygen atoms in total. The number of fused-ring (bicyclic) bond motifs is 1. The summed E-state index contributed by atoms with van der Waals surface area (Å²) in [5, 5.41) is 2.43. The van der Waals surface area contributed by atoms with Crippen molar-refractivity contribution in [3.8, 4) is 0 Å². The molecule has 0 unspecified atom stereocenters. The third-order valence-corrected chi connectivity index (χ3v) is 5.09. The van der Waals surface area contributed by atoms with Gasteiger partial charge in [-0.15, -0.1) is 0 Å². The number of amides is 1. The molecule has 1 aliphatic heterocycles. The first kappa shape index (κ1) is 16.6. The Morgan fingerprint density at radius 3 is 2.81 bits per heavy atom. The van der Waals surface area contributed by atoms with Crippen molar-refractivity contribution < 1.29 is 4.79 Å². The van der Waals surface area contributed by atoms with Crippen LogP contribution in [0.25, 0.3) is 10.8 Å². The summed E-state index contributed by atoms with van der Waals surface area (Å²) in [6.45, 7) is 3.40. The number of hydrogen-bond acceptors (Lipinski definition) is 4. The maximum Gasteiger partial charge on any atom is 0.256 e. The summed E-state index contributed by atoms with van der Waals surface area (Å²) in [6, 6.07) is 8.36. The van der Waals surface area contributed by atoms with Gasteiger partial charge < -0.3 is 4.90 Å². The van der Waals surface area contributed by atoms with Crippen LogP contribution in [0.5, 0.6) is 0 Å². The molecule has 0 N–H and O–H groups in total. The molecule has 0 spiro atoms. The smallest absolute Gasteiger partial charge is 0.256 e. The van der Waals surface area contributed by atoms with E-state index in [1.807, 2.05) is 30.3 Å². The Labute approximate surface area is 153 Å². The maximum atomic E-state index is 12.8. The highest BCUT2D eigenvalue weighted by Gasteiger charge is 2.25. The number of likely N-dealkylation sites (tertiary alicyclic amines) is 1. The van der Waals surface area contributed by atoms with Gasteiger partial charge in [0.2, 0.25) is 0 Å². The third kappa shape index (κ3) is 3.43. The van der Waals surface area contributed by atoms with Crippen LogP contribution in [-0.2, 0) is 6.42 Å². The van der Waals surface area contributed by atoms with E-state index in [-0.39, 0.29) is 5.91 Å². The highest BCUT2D eigenvalue weighted by atomic mass is 16.2. The number of aryl methyl sites for hydroxylation is 1. The van der Waals surface area contributed by atoms with Crippen LogP contribution in [0.15, 0.2) is 49.1 Å². The van der Waals surface area contributed by atoms with E-state index in [0.717, 1.165) is 32.4 Å². The van der Waals surface area contributed by atoms with Crippen LogP contribution >= 0.6 is 0 Å². The van der Waals surface area contributed by atoms with E-state index in [2.05, 4.69) is 33.2 Å². The van der Waals surface area contributed by atoms with Gasteiger partial charge in [-0.2, -0.15) is 0 Å². The van der Waals surface area contributed by atoms with Gasteiger partial charge in [0.25, 0.3) is 5.91 Å². The van der Waals surface area contributed by atoms with Crippen molar-refractivity contribution in [2.24, 2.45) is 5.92 Å². The van der Waals surface area contributed by atoms with E-state index in [9.17, 15) is 4.79 Å². The predicted molar refractivity (Wildman–Crippen MR) is 101 cm³/mol. The van der Waals surface area contributed by atoms with Gasteiger partial charge in [-0.25, -0.2) is 9.97 Å².